The molecule has 1 aliphatic heterocycles. The first-order valence-electron chi connectivity index (χ1n) is 8.68. The van der Waals surface area contributed by atoms with E-state index in [-0.39, 0.29) is 42.3 Å². The van der Waals surface area contributed by atoms with Crippen LogP contribution in [0.25, 0.3) is 0 Å². The number of amides is 1. The van der Waals surface area contributed by atoms with Gasteiger partial charge in [-0.25, -0.2) is 0 Å². The lowest BCUT2D eigenvalue weighted by atomic mass is 9.80. The minimum Gasteiger partial charge on any atom is -0.462 e. The number of rotatable bonds is 4. The molecule has 3 aliphatic rings. The first-order valence-corrected chi connectivity index (χ1v) is 8.68. The van der Waals surface area contributed by atoms with Gasteiger partial charge in [0.1, 0.15) is 6.10 Å². The number of fused-ring (bicyclic) bond motifs is 1. The molecule has 2 saturated carbocycles. The lowest BCUT2D eigenvalue weighted by Crippen LogP contribution is -2.34. The van der Waals surface area contributed by atoms with E-state index in [0.29, 0.717) is 5.69 Å². The third-order valence-electron chi connectivity index (χ3n) is 5.89. The molecule has 0 radical (unpaired) electrons. The maximum absolute atomic E-state index is 12.4. The number of benzene rings is 1. The Morgan fingerprint density at radius 2 is 2.04 bits per heavy atom. The monoisotopic (exact) mass is 343 g/mol. The van der Waals surface area contributed by atoms with Crippen LogP contribution in [-0.4, -0.2) is 30.6 Å². The molecule has 6 heteroatoms. The molecule has 2 aliphatic carbocycles. The van der Waals surface area contributed by atoms with Gasteiger partial charge in [-0.05, 0) is 55.9 Å². The van der Waals surface area contributed by atoms with Crippen molar-refractivity contribution in [3.63, 3.8) is 0 Å². The average Bonchev–Trinajstić information content (AvgIpc) is 3.18. The van der Waals surface area contributed by atoms with Gasteiger partial charge in [-0.1, -0.05) is 6.07 Å². The number of carbonyl (C=O) groups excluding carboxylic acids is 3. The molecule has 1 N–H and O–H groups in total. The van der Waals surface area contributed by atoms with Crippen molar-refractivity contribution >= 4 is 23.5 Å². The Kier molecular flexibility index (Phi) is 3.78. The summed E-state index contributed by atoms with van der Waals surface area (Å²) >= 11 is 0. The van der Waals surface area contributed by atoms with Crippen LogP contribution >= 0.6 is 0 Å². The molecule has 4 rings (SSSR count). The Balaban J connectivity index is 1.34. The van der Waals surface area contributed by atoms with Gasteiger partial charge in [0.15, 0.2) is 6.61 Å². The van der Waals surface area contributed by atoms with Gasteiger partial charge in [0, 0.05) is 11.6 Å². The molecule has 0 spiro atoms. The lowest BCUT2D eigenvalue weighted by molar-refractivity contribution is -0.157. The van der Waals surface area contributed by atoms with E-state index >= 15 is 0 Å². The SMILES string of the molecule is Cc1ccc(NC(=O)COC(=O)[C@@H]2[C@@H]3C[C@@H]4[C@H]2C(=O)O[C@@H]4C3)cc1C. The van der Waals surface area contributed by atoms with Crippen molar-refractivity contribution in [3.05, 3.63) is 29.3 Å². The fraction of sp³-hybridized carbons (Fsp3) is 0.526. The molecule has 25 heavy (non-hydrogen) atoms. The molecule has 5 atom stereocenters. The van der Waals surface area contributed by atoms with Crippen molar-refractivity contribution in [1.82, 2.24) is 0 Å². The molecule has 3 fully saturated rings. The molecule has 1 aromatic rings. The molecule has 1 aromatic carbocycles. The van der Waals surface area contributed by atoms with Gasteiger partial charge >= 0.3 is 11.9 Å². The van der Waals surface area contributed by atoms with E-state index in [0.717, 1.165) is 24.0 Å². The molecule has 1 saturated heterocycles. The summed E-state index contributed by atoms with van der Waals surface area (Å²) in [7, 11) is 0. The quantitative estimate of drug-likeness (QED) is 0.846. The second kappa shape index (κ2) is 5.86. The van der Waals surface area contributed by atoms with Crippen LogP contribution in [0.5, 0.6) is 0 Å². The van der Waals surface area contributed by atoms with Gasteiger partial charge in [0.05, 0.1) is 11.8 Å². The summed E-state index contributed by atoms with van der Waals surface area (Å²) in [6.07, 6.45) is 1.57. The summed E-state index contributed by atoms with van der Waals surface area (Å²) in [4.78, 5) is 36.4. The predicted octanol–water partition coefficient (Wildman–Crippen LogP) is 1.98. The number of hydrogen-bond donors (Lipinski definition) is 1. The Morgan fingerprint density at radius 1 is 1.24 bits per heavy atom. The summed E-state index contributed by atoms with van der Waals surface area (Å²) in [6.45, 7) is 3.62. The van der Waals surface area contributed by atoms with Crippen LogP contribution in [0.4, 0.5) is 5.69 Å². The third-order valence-corrected chi connectivity index (χ3v) is 5.89. The zero-order chi connectivity index (χ0) is 17.7. The van der Waals surface area contributed by atoms with Gasteiger partial charge < -0.3 is 14.8 Å². The maximum Gasteiger partial charge on any atom is 0.310 e. The third kappa shape index (κ3) is 2.69. The molecule has 0 unspecified atom stereocenters. The molecule has 6 nitrogen and oxygen atoms in total. The Bertz CT molecular complexity index is 756. The Hall–Kier alpha value is -2.37. The highest BCUT2D eigenvalue weighted by Gasteiger charge is 2.64. The van der Waals surface area contributed by atoms with E-state index in [1.165, 1.54) is 0 Å². The minimum atomic E-state index is -0.454. The first kappa shape index (κ1) is 16.1. The standard InChI is InChI=1S/C19H21NO5/c1-9-3-4-12(5-10(9)2)20-15(21)8-24-18(22)16-11-6-13-14(7-11)25-19(23)17(13)16/h3-5,11,13-14,16-17H,6-8H2,1-2H3,(H,20,21)/t11-,13+,14-,16-,17-/m1/s1. The van der Waals surface area contributed by atoms with Crippen LogP contribution in [0.2, 0.25) is 0 Å². The highest BCUT2D eigenvalue weighted by molar-refractivity contribution is 5.93. The van der Waals surface area contributed by atoms with Crippen LogP contribution < -0.4 is 5.32 Å². The number of esters is 2. The normalized spacial score (nSPS) is 31.8. The predicted molar refractivity (Wildman–Crippen MR) is 88.6 cm³/mol. The van der Waals surface area contributed by atoms with Crippen molar-refractivity contribution in [2.45, 2.75) is 32.8 Å². The van der Waals surface area contributed by atoms with Gasteiger partial charge in [-0.15, -0.1) is 0 Å². The van der Waals surface area contributed by atoms with Gasteiger partial charge in [0.2, 0.25) is 0 Å². The zero-order valence-electron chi connectivity index (χ0n) is 14.3. The van der Waals surface area contributed by atoms with Crippen LogP contribution in [-0.2, 0) is 23.9 Å². The van der Waals surface area contributed by atoms with Gasteiger partial charge in [-0.3, -0.25) is 14.4 Å². The van der Waals surface area contributed by atoms with E-state index < -0.39 is 11.9 Å². The van der Waals surface area contributed by atoms with Crippen LogP contribution in [0.15, 0.2) is 18.2 Å². The maximum atomic E-state index is 12.4. The summed E-state index contributed by atoms with van der Waals surface area (Å²) in [6, 6.07) is 5.61. The van der Waals surface area contributed by atoms with E-state index in [9.17, 15) is 14.4 Å². The van der Waals surface area contributed by atoms with E-state index in [2.05, 4.69) is 5.32 Å². The van der Waals surface area contributed by atoms with Crippen molar-refractivity contribution in [1.29, 1.82) is 0 Å². The summed E-state index contributed by atoms with van der Waals surface area (Å²) in [5.74, 6) is -1.65. The topological polar surface area (TPSA) is 81.7 Å². The number of aryl methyl sites for hydroxylation is 2. The molecular weight excluding hydrogens is 322 g/mol. The summed E-state index contributed by atoms with van der Waals surface area (Å²) in [5.41, 5.74) is 2.89. The largest absolute Gasteiger partial charge is 0.462 e. The highest BCUT2D eigenvalue weighted by Crippen LogP contribution is 2.57. The van der Waals surface area contributed by atoms with E-state index in [4.69, 9.17) is 9.47 Å². The first-order chi connectivity index (χ1) is 11.9. The Labute approximate surface area is 145 Å². The van der Waals surface area contributed by atoms with Crippen LogP contribution in [0, 0.1) is 37.5 Å². The highest BCUT2D eigenvalue weighted by atomic mass is 16.6. The second-order valence-electron chi connectivity index (χ2n) is 7.38. The van der Waals surface area contributed by atoms with Crippen LogP contribution in [0.1, 0.15) is 24.0 Å². The molecule has 132 valence electrons. The van der Waals surface area contributed by atoms with Crippen molar-refractivity contribution in [2.75, 3.05) is 11.9 Å². The molecular formula is C19H21NO5. The molecule has 2 bridgehead atoms. The van der Waals surface area contributed by atoms with Gasteiger partial charge in [0.25, 0.3) is 5.91 Å². The van der Waals surface area contributed by atoms with Crippen molar-refractivity contribution in [3.8, 4) is 0 Å². The zero-order valence-corrected chi connectivity index (χ0v) is 14.3. The van der Waals surface area contributed by atoms with Crippen molar-refractivity contribution < 1.29 is 23.9 Å². The Morgan fingerprint density at radius 3 is 2.80 bits per heavy atom. The molecule has 0 aromatic heterocycles. The number of nitrogens with one attached hydrogen (secondary N) is 1. The summed E-state index contributed by atoms with van der Waals surface area (Å²) in [5, 5.41) is 2.72. The average molecular weight is 343 g/mol. The number of hydrogen-bond acceptors (Lipinski definition) is 5. The molecule has 1 amide bonds. The fourth-order valence-electron chi connectivity index (χ4n) is 4.57. The number of anilines is 1. The lowest BCUT2D eigenvalue weighted by Gasteiger charge is -2.22. The minimum absolute atomic E-state index is 0.0142. The summed E-state index contributed by atoms with van der Waals surface area (Å²) < 4.78 is 10.5. The number of ether oxygens (including phenoxy) is 2. The smallest absolute Gasteiger partial charge is 0.310 e. The van der Waals surface area contributed by atoms with E-state index in [1.807, 2.05) is 32.0 Å². The van der Waals surface area contributed by atoms with E-state index in [1.54, 1.807) is 0 Å². The van der Waals surface area contributed by atoms with Gasteiger partial charge in [-0.2, -0.15) is 0 Å². The van der Waals surface area contributed by atoms with Crippen LogP contribution in [0.3, 0.4) is 0 Å². The molecule has 1 heterocycles. The second-order valence-corrected chi connectivity index (χ2v) is 7.38. The fourth-order valence-corrected chi connectivity index (χ4v) is 4.57. The number of carbonyl (C=O) groups is 3. The van der Waals surface area contributed by atoms with Crippen molar-refractivity contribution in [2.24, 2.45) is 23.7 Å².